The van der Waals surface area contributed by atoms with Gasteiger partial charge in [0.25, 0.3) is 0 Å². The molecular formula is C18H14O8. The van der Waals surface area contributed by atoms with Crippen molar-refractivity contribution in [2.45, 2.75) is 0 Å². The molecular weight excluding hydrogens is 344 g/mol. The number of carboxylic acid groups (broad SMARTS) is 2. The molecule has 0 atom stereocenters. The predicted octanol–water partition coefficient (Wildman–Crippen LogP) is 2.51. The molecule has 0 saturated heterocycles. The summed E-state index contributed by atoms with van der Waals surface area (Å²) in [4.78, 5) is 23.0. The summed E-state index contributed by atoms with van der Waals surface area (Å²) in [6, 6.07) is 9.42. The van der Waals surface area contributed by atoms with E-state index in [4.69, 9.17) is 0 Å². The number of carbonyl (C=O) groups is 2. The van der Waals surface area contributed by atoms with Crippen LogP contribution in [-0.2, 0) is 9.59 Å². The zero-order valence-corrected chi connectivity index (χ0v) is 13.1. The minimum absolute atomic E-state index is 0.0604. The van der Waals surface area contributed by atoms with Crippen LogP contribution in [0.1, 0.15) is 11.1 Å². The van der Waals surface area contributed by atoms with E-state index in [9.17, 15) is 40.2 Å². The van der Waals surface area contributed by atoms with Gasteiger partial charge in [0.05, 0.1) is 0 Å². The first-order valence-corrected chi connectivity index (χ1v) is 7.14. The molecule has 26 heavy (non-hydrogen) atoms. The van der Waals surface area contributed by atoms with Crippen molar-refractivity contribution >= 4 is 23.1 Å². The summed E-state index contributed by atoms with van der Waals surface area (Å²) in [6.07, 6.45) is 0. The first kappa shape index (κ1) is 18.4. The van der Waals surface area contributed by atoms with E-state index in [0.29, 0.717) is 0 Å². The van der Waals surface area contributed by atoms with Crippen LogP contribution in [0.25, 0.3) is 11.1 Å². The number of hydrogen-bond acceptors (Lipinski definition) is 6. The summed E-state index contributed by atoms with van der Waals surface area (Å²) in [5, 5.41) is 57.7. The van der Waals surface area contributed by atoms with Crippen LogP contribution in [0.3, 0.4) is 0 Å². The maximum Gasteiger partial charge on any atom is 0.340 e. The van der Waals surface area contributed by atoms with Crippen molar-refractivity contribution in [2.24, 2.45) is 0 Å². The summed E-state index contributed by atoms with van der Waals surface area (Å²) in [5.41, 5.74) is -1.62. The summed E-state index contributed by atoms with van der Waals surface area (Å²) in [6.45, 7) is 0. The molecule has 0 radical (unpaired) electrons. The lowest BCUT2D eigenvalue weighted by Crippen LogP contribution is -2.10. The van der Waals surface area contributed by atoms with Crippen LogP contribution in [-0.4, -0.2) is 42.6 Å². The molecule has 2 rings (SSSR count). The van der Waals surface area contributed by atoms with Crippen molar-refractivity contribution in [1.29, 1.82) is 0 Å². The van der Waals surface area contributed by atoms with Gasteiger partial charge in [0.1, 0.15) is 22.6 Å². The molecule has 0 fully saturated rings. The van der Waals surface area contributed by atoms with E-state index in [1.54, 1.807) is 0 Å². The lowest BCUT2D eigenvalue weighted by Gasteiger charge is -2.11. The number of benzene rings is 2. The number of phenolic OH excluding ortho intramolecular Hbond substituents is 2. The number of aromatic hydroxyl groups is 2. The first-order chi connectivity index (χ1) is 12.2. The fourth-order valence-electron chi connectivity index (χ4n) is 2.22. The molecule has 6 N–H and O–H groups in total. The largest absolute Gasteiger partial charge is 0.508 e. The van der Waals surface area contributed by atoms with Gasteiger partial charge < -0.3 is 30.6 Å². The molecule has 8 heteroatoms. The van der Waals surface area contributed by atoms with E-state index in [0.717, 1.165) is 0 Å². The number of aliphatic hydroxyl groups excluding tert-OH is 2. The third kappa shape index (κ3) is 3.75. The second kappa shape index (κ2) is 7.31. The summed E-state index contributed by atoms with van der Waals surface area (Å²) < 4.78 is 0. The first-order valence-electron chi connectivity index (χ1n) is 7.14. The number of aliphatic hydroxyl groups is 2. The molecule has 134 valence electrons. The molecule has 0 aliphatic rings. The van der Waals surface area contributed by atoms with Gasteiger partial charge in [0.15, 0.2) is 11.5 Å². The molecule has 8 nitrogen and oxygen atoms in total. The average Bonchev–Trinajstić information content (AvgIpc) is 2.58. The van der Waals surface area contributed by atoms with Crippen LogP contribution >= 0.6 is 0 Å². The average molecular weight is 358 g/mol. The highest BCUT2D eigenvalue weighted by atomic mass is 16.4. The molecule has 2 aromatic rings. The van der Waals surface area contributed by atoms with Crippen LogP contribution in [0.5, 0.6) is 11.5 Å². The van der Waals surface area contributed by atoms with E-state index in [1.807, 2.05) is 0 Å². The van der Waals surface area contributed by atoms with Gasteiger partial charge in [-0.1, -0.05) is 24.3 Å². The van der Waals surface area contributed by atoms with Gasteiger partial charge in [-0.25, -0.2) is 9.59 Å². The van der Waals surface area contributed by atoms with E-state index >= 15 is 0 Å². The van der Waals surface area contributed by atoms with Crippen molar-refractivity contribution < 1.29 is 40.2 Å². The minimum Gasteiger partial charge on any atom is -0.508 e. The third-order valence-corrected chi connectivity index (χ3v) is 3.44. The van der Waals surface area contributed by atoms with Crippen LogP contribution in [0.15, 0.2) is 60.0 Å². The maximum atomic E-state index is 11.5. The number of carboxylic acids is 2. The van der Waals surface area contributed by atoms with Crippen LogP contribution < -0.4 is 0 Å². The van der Waals surface area contributed by atoms with Crippen molar-refractivity contribution in [1.82, 2.24) is 0 Å². The Morgan fingerprint density at radius 3 is 1.04 bits per heavy atom. The maximum absolute atomic E-state index is 11.5. The predicted molar refractivity (Wildman–Crippen MR) is 90.6 cm³/mol. The summed E-state index contributed by atoms with van der Waals surface area (Å²) in [7, 11) is 0. The van der Waals surface area contributed by atoms with Crippen LogP contribution in [0.4, 0.5) is 0 Å². The van der Waals surface area contributed by atoms with Gasteiger partial charge in [-0.05, 0) is 35.4 Å². The van der Waals surface area contributed by atoms with Gasteiger partial charge >= 0.3 is 11.9 Å². The Bertz CT molecular complexity index is 828. The molecule has 0 unspecified atom stereocenters. The molecule has 0 aromatic heterocycles. The fourth-order valence-corrected chi connectivity index (χ4v) is 2.22. The fraction of sp³-hybridized carbons (Fsp3) is 0. The quantitative estimate of drug-likeness (QED) is 0.270. The van der Waals surface area contributed by atoms with Gasteiger partial charge in [-0.15, -0.1) is 0 Å². The standard InChI is InChI=1S/C18H14O8/c19-11-5-1-9(2-6-11)13(17(23)24)15(21)16(22)14(18(25)26)10-3-7-12(20)8-4-10/h1-8,19-22H,(H,23,24)(H,25,26). The SMILES string of the molecule is O=C(O)C(=C(O)C(O)=C(C(=O)O)c1ccc(O)cc1)c1ccc(O)cc1. The van der Waals surface area contributed by atoms with E-state index < -0.39 is 34.6 Å². The van der Waals surface area contributed by atoms with E-state index in [2.05, 4.69) is 0 Å². The van der Waals surface area contributed by atoms with Crippen LogP contribution in [0, 0.1) is 0 Å². The molecule has 0 saturated carbocycles. The number of rotatable bonds is 5. The Morgan fingerprint density at radius 2 is 0.808 bits per heavy atom. The Balaban J connectivity index is 2.71. The molecule has 0 spiro atoms. The number of hydrogen-bond donors (Lipinski definition) is 6. The van der Waals surface area contributed by atoms with Crippen molar-refractivity contribution in [2.75, 3.05) is 0 Å². The van der Waals surface area contributed by atoms with Gasteiger partial charge in [0, 0.05) is 0 Å². The van der Waals surface area contributed by atoms with Gasteiger partial charge in [-0.2, -0.15) is 0 Å². The second-order valence-electron chi connectivity index (χ2n) is 5.15. The molecule has 0 amide bonds. The third-order valence-electron chi connectivity index (χ3n) is 3.44. The van der Waals surface area contributed by atoms with Crippen LogP contribution in [0.2, 0.25) is 0 Å². The van der Waals surface area contributed by atoms with Crippen molar-refractivity contribution in [3.8, 4) is 11.5 Å². The molecule has 2 aromatic carbocycles. The topological polar surface area (TPSA) is 156 Å². The lowest BCUT2D eigenvalue weighted by atomic mass is 9.99. The van der Waals surface area contributed by atoms with Gasteiger partial charge in [-0.3, -0.25) is 0 Å². The van der Waals surface area contributed by atoms with E-state index in [-0.39, 0.29) is 22.6 Å². The van der Waals surface area contributed by atoms with Gasteiger partial charge in [0.2, 0.25) is 0 Å². The molecule has 0 aliphatic carbocycles. The van der Waals surface area contributed by atoms with Crippen molar-refractivity contribution in [3.05, 3.63) is 71.2 Å². The Labute approximate surface area is 146 Å². The number of phenols is 2. The highest BCUT2D eigenvalue weighted by Crippen LogP contribution is 2.28. The van der Waals surface area contributed by atoms with Crippen molar-refractivity contribution in [3.63, 3.8) is 0 Å². The zero-order valence-electron chi connectivity index (χ0n) is 13.1. The molecule has 0 heterocycles. The zero-order chi connectivity index (χ0) is 19.4. The highest BCUT2D eigenvalue weighted by Gasteiger charge is 2.25. The summed E-state index contributed by atoms with van der Waals surface area (Å²) in [5.74, 6) is -5.84. The lowest BCUT2D eigenvalue weighted by molar-refractivity contribution is -0.131. The highest BCUT2D eigenvalue weighted by molar-refractivity contribution is 6.20. The normalized spacial score (nSPS) is 12.8. The number of aliphatic carboxylic acids is 2. The second-order valence-corrected chi connectivity index (χ2v) is 5.15. The monoisotopic (exact) mass is 358 g/mol. The minimum atomic E-state index is -1.62. The Kier molecular flexibility index (Phi) is 5.17. The smallest absolute Gasteiger partial charge is 0.340 e. The molecule has 0 aliphatic heterocycles. The Hall–Kier alpha value is -3.94. The summed E-state index contributed by atoms with van der Waals surface area (Å²) >= 11 is 0. The Morgan fingerprint density at radius 1 is 0.538 bits per heavy atom. The van der Waals surface area contributed by atoms with E-state index in [1.165, 1.54) is 48.5 Å². The molecule has 0 bridgehead atoms.